The van der Waals surface area contributed by atoms with Crippen molar-refractivity contribution in [3.8, 4) is 11.8 Å². The molecule has 9 heteroatoms. The fourth-order valence-corrected chi connectivity index (χ4v) is 4.48. The van der Waals surface area contributed by atoms with Crippen LogP contribution in [0.25, 0.3) is 16.5 Å². The second kappa shape index (κ2) is 8.61. The SMILES string of the molecule is C[C@H](Nc1ncnc2c1C(=O)C(C#N)CN2)c1cc2cccc(Cl)c2c(=O)n1-c1ccccc1. The molecule has 0 saturated carbocycles. The maximum Gasteiger partial charge on any atom is 0.264 e. The van der Waals surface area contributed by atoms with Gasteiger partial charge in [0.05, 0.1) is 22.5 Å². The van der Waals surface area contributed by atoms with Gasteiger partial charge in [0.25, 0.3) is 5.56 Å². The van der Waals surface area contributed by atoms with Crippen LogP contribution in [0.3, 0.4) is 0 Å². The highest BCUT2D eigenvalue weighted by Gasteiger charge is 2.32. The van der Waals surface area contributed by atoms with Crippen molar-refractivity contribution >= 4 is 39.8 Å². The molecule has 3 heterocycles. The molecule has 2 aromatic carbocycles. The van der Waals surface area contributed by atoms with Crippen LogP contribution < -0.4 is 16.2 Å². The number of para-hydroxylation sites is 1. The number of halogens is 1. The van der Waals surface area contributed by atoms with Gasteiger partial charge < -0.3 is 10.6 Å². The van der Waals surface area contributed by atoms with E-state index in [2.05, 4.69) is 20.6 Å². The van der Waals surface area contributed by atoms with Gasteiger partial charge in [-0.25, -0.2) is 9.97 Å². The number of aromatic nitrogens is 3. The third-order valence-corrected chi connectivity index (χ3v) is 6.19. The molecule has 34 heavy (non-hydrogen) atoms. The number of benzene rings is 2. The van der Waals surface area contributed by atoms with Gasteiger partial charge in [-0.1, -0.05) is 41.9 Å². The molecule has 0 bridgehead atoms. The number of carbonyl (C=O) groups is 1. The number of nitriles is 1. The molecular weight excluding hydrogens is 452 g/mol. The summed E-state index contributed by atoms with van der Waals surface area (Å²) in [4.78, 5) is 34.9. The van der Waals surface area contributed by atoms with Crippen molar-refractivity contribution in [1.29, 1.82) is 5.26 Å². The van der Waals surface area contributed by atoms with Crippen LogP contribution in [-0.4, -0.2) is 26.9 Å². The van der Waals surface area contributed by atoms with Gasteiger partial charge in [-0.2, -0.15) is 5.26 Å². The van der Waals surface area contributed by atoms with Crippen LogP contribution in [0, 0.1) is 17.2 Å². The average molecular weight is 471 g/mol. The first kappa shape index (κ1) is 21.6. The summed E-state index contributed by atoms with van der Waals surface area (Å²) in [5.74, 6) is -0.475. The van der Waals surface area contributed by atoms with E-state index in [0.717, 1.165) is 0 Å². The summed E-state index contributed by atoms with van der Waals surface area (Å²) in [5, 5.41) is 17.1. The predicted molar refractivity (Wildman–Crippen MR) is 131 cm³/mol. The molecule has 5 rings (SSSR count). The maximum absolute atomic E-state index is 13.6. The highest BCUT2D eigenvalue weighted by molar-refractivity contribution is 6.35. The lowest BCUT2D eigenvalue weighted by Crippen LogP contribution is -2.31. The maximum atomic E-state index is 13.6. The van der Waals surface area contributed by atoms with E-state index in [0.29, 0.717) is 38.8 Å². The van der Waals surface area contributed by atoms with Gasteiger partial charge in [0.15, 0.2) is 5.78 Å². The van der Waals surface area contributed by atoms with Crippen LogP contribution in [0.5, 0.6) is 0 Å². The monoisotopic (exact) mass is 470 g/mol. The third kappa shape index (κ3) is 3.56. The van der Waals surface area contributed by atoms with Crippen molar-refractivity contribution in [2.24, 2.45) is 5.92 Å². The zero-order valence-corrected chi connectivity index (χ0v) is 18.9. The highest BCUT2D eigenvalue weighted by atomic mass is 35.5. The molecule has 1 aliphatic rings. The standard InChI is InChI=1S/C25H19ClN6O2/c1-14(31-24-21-22(33)16(11-27)12-28-23(21)29-13-30-24)19-10-15-6-5-9-18(26)20(15)25(34)32(19)17-7-3-2-4-8-17/h2-10,13-14,16H,12H2,1H3,(H2,28,29,30,31)/t14-,16?/m0/s1. The Balaban J connectivity index is 1.66. The molecule has 4 aromatic rings. The number of nitrogens with one attached hydrogen (secondary N) is 2. The quantitative estimate of drug-likeness (QED) is 0.455. The number of fused-ring (bicyclic) bond motifs is 2. The number of nitrogens with zero attached hydrogens (tertiary/aromatic N) is 4. The minimum atomic E-state index is -0.820. The molecule has 168 valence electrons. The molecular formula is C25H19ClN6O2. The molecule has 0 saturated heterocycles. The van der Waals surface area contributed by atoms with Crippen molar-refractivity contribution in [2.45, 2.75) is 13.0 Å². The minimum absolute atomic E-state index is 0.202. The Morgan fingerprint density at radius 1 is 1.18 bits per heavy atom. The Morgan fingerprint density at radius 2 is 1.97 bits per heavy atom. The van der Waals surface area contributed by atoms with Crippen molar-refractivity contribution in [1.82, 2.24) is 14.5 Å². The Kier molecular flexibility index (Phi) is 5.48. The van der Waals surface area contributed by atoms with E-state index in [1.807, 2.05) is 55.5 Å². The number of ketones is 1. The smallest absolute Gasteiger partial charge is 0.264 e. The van der Waals surface area contributed by atoms with E-state index < -0.39 is 12.0 Å². The van der Waals surface area contributed by atoms with Crippen molar-refractivity contribution < 1.29 is 4.79 Å². The van der Waals surface area contributed by atoms with Crippen molar-refractivity contribution in [3.05, 3.63) is 87.6 Å². The summed E-state index contributed by atoms with van der Waals surface area (Å²) >= 11 is 6.39. The number of hydrogen-bond donors (Lipinski definition) is 2. The summed E-state index contributed by atoms with van der Waals surface area (Å²) in [5.41, 5.74) is 1.34. The second-order valence-electron chi connectivity index (χ2n) is 7.99. The third-order valence-electron chi connectivity index (χ3n) is 5.88. The first-order valence-electron chi connectivity index (χ1n) is 10.7. The molecule has 0 radical (unpaired) electrons. The molecule has 2 atom stereocenters. The molecule has 0 fully saturated rings. The minimum Gasteiger partial charge on any atom is -0.368 e. The molecule has 2 N–H and O–H groups in total. The lowest BCUT2D eigenvalue weighted by Gasteiger charge is -2.25. The van der Waals surface area contributed by atoms with E-state index in [-0.39, 0.29) is 23.5 Å². The number of hydrogen-bond acceptors (Lipinski definition) is 7. The van der Waals surface area contributed by atoms with Crippen LogP contribution in [0.1, 0.15) is 29.0 Å². The lowest BCUT2D eigenvalue weighted by molar-refractivity contribution is 0.0950. The number of rotatable bonds is 4. The van der Waals surface area contributed by atoms with Gasteiger partial charge in [0, 0.05) is 17.9 Å². The zero-order valence-electron chi connectivity index (χ0n) is 18.1. The Bertz CT molecular complexity index is 1530. The Morgan fingerprint density at radius 3 is 2.74 bits per heavy atom. The fraction of sp³-hybridized carbons (Fsp3) is 0.160. The lowest BCUT2D eigenvalue weighted by atomic mass is 9.95. The molecule has 0 spiro atoms. The van der Waals surface area contributed by atoms with E-state index in [9.17, 15) is 14.9 Å². The Labute approximate surface area is 199 Å². The van der Waals surface area contributed by atoms with Crippen LogP contribution in [0.2, 0.25) is 5.02 Å². The highest BCUT2D eigenvalue weighted by Crippen LogP contribution is 2.31. The molecule has 0 amide bonds. The van der Waals surface area contributed by atoms with E-state index >= 15 is 0 Å². The first-order chi connectivity index (χ1) is 16.5. The zero-order chi connectivity index (χ0) is 23.8. The van der Waals surface area contributed by atoms with Crippen LogP contribution >= 0.6 is 11.6 Å². The number of anilines is 2. The predicted octanol–water partition coefficient (Wildman–Crippen LogP) is 4.36. The normalized spacial score (nSPS) is 15.8. The average Bonchev–Trinajstić information content (AvgIpc) is 2.84. The summed E-state index contributed by atoms with van der Waals surface area (Å²) in [6.07, 6.45) is 1.35. The van der Waals surface area contributed by atoms with Gasteiger partial charge in [-0.15, -0.1) is 0 Å². The van der Waals surface area contributed by atoms with E-state index in [4.69, 9.17) is 11.6 Å². The van der Waals surface area contributed by atoms with E-state index in [1.54, 1.807) is 16.7 Å². The summed E-state index contributed by atoms with van der Waals surface area (Å²) < 4.78 is 1.61. The van der Waals surface area contributed by atoms with Crippen LogP contribution in [0.15, 0.2) is 65.7 Å². The van der Waals surface area contributed by atoms with E-state index in [1.165, 1.54) is 6.33 Å². The van der Waals surface area contributed by atoms with Crippen LogP contribution in [-0.2, 0) is 0 Å². The molecule has 8 nitrogen and oxygen atoms in total. The Hall–Kier alpha value is -4.22. The number of pyridine rings is 1. The van der Waals surface area contributed by atoms with Gasteiger partial charge in [-0.3, -0.25) is 14.2 Å². The first-order valence-corrected chi connectivity index (χ1v) is 11.1. The van der Waals surface area contributed by atoms with Crippen molar-refractivity contribution in [2.75, 3.05) is 17.2 Å². The fourth-order valence-electron chi connectivity index (χ4n) is 4.21. The number of Topliss-reactive ketones (excluding diaryl/α,β-unsaturated/α-hetero) is 1. The summed E-state index contributed by atoms with van der Waals surface area (Å²) in [7, 11) is 0. The molecule has 0 aliphatic carbocycles. The van der Waals surface area contributed by atoms with Gasteiger partial charge in [-0.05, 0) is 36.6 Å². The molecule has 2 aromatic heterocycles. The second-order valence-corrected chi connectivity index (χ2v) is 8.40. The largest absolute Gasteiger partial charge is 0.368 e. The summed E-state index contributed by atoms with van der Waals surface area (Å²) in [6.45, 7) is 2.08. The summed E-state index contributed by atoms with van der Waals surface area (Å²) in [6, 6.07) is 18.1. The number of carbonyl (C=O) groups excluding carboxylic acids is 1. The van der Waals surface area contributed by atoms with Crippen molar-refractivity contribution in [3.63, 3.8) is 0 Å². The van der Waals surface area contributed by atoms with Gasteiger partial charge in [0.2, 0.25) is 0 Å². The molecule has 1 aliphatic heterocycles. The van der Waals surface area contributed by atoms with Gasteiger partial charge >= 0.3 is 0 Å². The molecule has 1 unspecified atom stereocenters. The van der Waals surface area contributed by atoms with Gasteiger partial charge in [0.1, 0.15) is 29.4 Å². The topological polar surface area (TPSA) is 113 Å². The van der Waals surface area contributed by atoms with Crippen LogP contribution in [0.4, 0.5) is 11.6 Å².